The Kier molecular flexibility index (Phi) is 6.50. The van der Waals surface area contributed by atoms with Crippen LogP contribution in [0.3, 0.4) is 0 Å². The Bertz CT molecular complexity index is 469. The number of benzene rings is 1. The first-order valence-electron chi connectivity index (χ1n) is 8.83. The van der Waals surface area contributed by atoms with Crippen LogP contribution in [0.4, 0.5) is 0 Å². The molecule has 0 aromatic heterocycles. The summed E-state index contributed by atoms with van der Waals surface area (Å²) in [6.45, 7) is 9.58. The SMILES string of the molecule is C=CNCCCC1C(C)CCCC(N)c2cccc(c2)C1C. The van der Waals surface area contributed by atoms with Crippen molar-refractivity contribution in [3.63, 3.8) is 0 Å². The minimum atomic E-state index is 0.202. The van der Waals surface area contributed by atoms with Gasteiger partial charge in [-0.05, 0) is 54.3 Å². The van der Waals surface area contributed by atoms with Crippen LogP contribution in [0.5, 0.6) is 0 Å². The fraction of sp³-hybridized carbons (Fsp3) is 0.600. The van der Waals surface area contributed by atoms with E-state index in [-0.39, 0.29) is 6.04 Å². The van der Waals surface area contributed by atoms with Gasteiger partial charge < -0.3 is 11.1 Å². The van der Waals surface area contributed by atoms with Crippen molar-refractivity contribution in [3.05, 3.63) is 48.2 Å². The van der Waals surface area contributed by atoms with Crippen molar-refractivity contribution in [2.45, 2.75) is 57.9 Å². The summed E-state index contributed by atoms with van der Waals surface area (Å²) in [5.41, 5.74) is 9.12. The average molecular weight is 300 g/mol. The van der Waals surface area contributed by atoms with Gasteiger partial charge in [0.15, 0.2) is 0 Å². The summed E-state index contributed by atoms with van der Waals surface area (Å²) in [6, 6.07) is 9.21. The molecular weight excluding hydrogens is 268 g/mol. The van der Waals surface area contributed by atoms with Gasteiger partial charge in [0.05, 0.1) is 0 Å². The third-order valence-electron chi connectivity index (χ3n) is 5.42. The molecule has 1 aliphatic rings. The summed E-state index contributed by atoms with van der Waals surface area (Å²) in [6.07, 6.45) is 7.92. The standard InChI is InChI=1S/C20H32N2/c1-4-22-13-7-11-19-15(2)8-5-12-20(21)18-10-6-9-17(14-18)16(19)3/h4,6,9-10,14-16,19-20,22H,1,5,7-8,11-13,21H2,2-3H3. The van der Waals surface area contributed by atoms with Gasteiger partial charge in [-0.3, -0.25) is 0 Å². The lowest BCUT2D eigenvalue weighted by molar-refractivity contribution is 0.262. The van der Waals surface area contributed by atoms with Crippen LogP contribution in [0, 0.1) is 11.8 Å². The van der Waals surface area contributed by atoms with E-state index in [1.165, 1.54) is 36.8 Å². The van der Waals surface area contributed by atoms with Gasteiger partial charge in [-0.2, -0.15) is 0 Å². The number of fused-ring (bicyclic) bond motifs is 2. The zero-order chi connectivity index (χ0) is 15.9. The molecule has 2 nitrogen and oxygen atoms in total. The molecule has 1 aromatic rings. The highest BCUT2D eigenvalue weighted by Crippen LogP contribution is 2.38. The van der Waals surface area contributed by atoms with E-state index in [4.69, 9.17) is 5.73 Å². The molecule has 1 aliphatic carbocycles. The lowest BCUT2D eigenvalue weighted by atomic mass is 9.74. The third kappa shape index (κ3) is 4.36. The van der Waals surface area contributed by atoms with E-state index in [2.05, 4.69) is 50.0 Å². The molecule has 0 saturated carbocycles. The first kappa shape index (κ1) is 17.1. The predicted octanol–water partition coefficient (Wildman–Crippen LogP) is 4.74. The fourth-order valence-corrected chi connectivity index (χ4v) is 3.93. The Morgan fingerprint density at radius 1 is 1.27 bits per heavy atom. The maximum Gasteiger partial charge on any atom is 0.0294 e. The van der Waals surface area contributed by atoms with Crippen LogP contribution in [0.1, 0.15) is 69.0 Å². The molecular formula is C20H32N2. The van der Waals surface area contributed by atoms with Crippen LogP contribution in [0.2, 0.25) is 0 Å². The Morgan fingerprint density at radius 2 is 2.05 bits per heavy atom. The molecule has 2 rings (SSSR count). The Balaban J connectivity index is 2.16. The lowest BCUT2D eigenvalue weighted by Crippen LogP contribution is -2.22. The Labute approximate surface area is 136 Å². The molecule has 2 heteroatoms. The normalized spacial score (nSPS) is 28.9. The van der Waals surface area contributed by atoms with Crippen LogP contribution in [0.15, 0.2) is 37.0 Å². The maximum absolute atomic E-state index is 6.35. The van der Waals surface area contributed by atoms with Crippen molar-refractivity contribution in [1.82, 2.24) is 5.32 Å². The zero-order valence-electron chi connectivity index (χ0n) is 14.2. The third-order valence-corrected chi connectivity index (χ3v) is 5.42. The van der Waals surface area contributed by atoms with Crippen molar-refractivity contribution in [1.29, 1.82) is 0 Å². The van der Waals surface area contributed by atoms with E-state index in [1.54, 1.807) is 6.20 Å². The van der Waals surface area contributed by atoms with Crippen molar-refractivity contribution in [2.24, 2.45) is 17.6 Å². The number of rotatable bonds is 5. The van der Waals surface area contributed by atoms with Crippen LogP contribution >= 0.6 is 0 Å². The van der Waals surface area contributed by atoms with Gasteiger partial charge in [-0.25, -0.2) is 0 Å². The van der Waals surface area contributed by atoms with E-state index in [9.17, 15) is 0 Å². The highest BCUT2D eigenvalue weighted by Gasteiger charge is 2.26. The van der Waals surface area contributed by atoms with Crippen molar-refractivity contribution in [2.75, 3.05) is 6.54 Å². The Morgan fingerprint density at radius 3 is 2.82 bits per heavy atom. The molecule has 0 fully saturated rings. The minimum absolute atomic E-state index is 0.202. The smallest absolute Gasteiger partial charge is 0.0294 e. The number of nitrogens with one attached hydrogen (secondary N) is 1. The largest absolute Gasteiger partial charge is 0.391 e. The van der Waals surface area contributed by atoms with Crippen LogP contribution < -0.4 is 11.1 Å². The van der Waals surface area contributed by atoms with Gasteiger partial charge in [-0.15, -0.1) is 0 Å². The summed E-state index contributed by atoms with van der Waals surface area (Å²) in [4.78, 5) is 0. The second-order valence-corrected chi connectivity index (χ2v) is 6.94. The van der Waals surface area contributed by atoms with Gasteiger partial charge in [0.25, 0.3) is 0 Å². The zero-order valence-corrected chi connectivity index (χ0v) is 14.2. The molecule has 0 aliphatic heterocycles. The second-order valence-electron chi connectivity index (χ2n) is 6.94. The van der Waals surface area contributed by atoms with E-state index >= 15 is 0 Å². The van der Waals surface area contributed by atoms with E-state index in [1.807, 2.05) is 0 Å². The van der Waals surface area contributed by atoms with Gasteiger partial charge in [0.1, 0.15) is 0 Å². The number of nitrogens with two attached hydrogens (primary N) is 1. The van der Waals surface area contributed by atoms with Gasteiger partial charge in [-0.1, -0.05) is 57.5 Å². The van der Waals surface area contributed by atoms with E-state index in [0.29, 0.717) is 5.92 Å². The first-order chi connectivity index (χ1) is 10.6. The van der Waals surface area contributed by atoms with Crippen molar-refractivity contribution in [3.8, 4) is 0 Å². The molecule has 0 heterocycles. The molecule has 4 atom stereocenters. The quantitative estimate of drug-likeness (QED) is 0.771. The first-order valence-corrected chi connectivity index (χ1v) is 8.83. The van der Waals surface area contributed by atoms with Gasteiger partial charge in [0.2, 0.25) is 0 Å². The molecule has 3 N–H and O–H groups in total. The second kappa shape index (κ2) is 8.38. The van der Waals surface area contributed by atoms with Crippen molar-refractivity contribution < 1.29 is 0 Å². The van der Waals surface area contributed by atoms with Crippen LogP contribution in [-0.4, -0.2) is 6.54 Å². The summed E-state index contributed by atoms with van der Waals surface area (Å²) >= 11 is 0. The topological polar surface area (TPSA) is 38.0 Å². The summed E-state index contributed by atoms with van der Waals surface area (Å²) in [5.74, 6) is 2.10. The maximum atomic E-state index is 6.35. The molecule has 0 radical (unpaired) electrons. The molecule has 4 unspecified atom stereocenters. The van der Waals surface area contributed by atoms with E-state index < -0.39 is 0 Å². The molecule has 0 spiro atoms. The molecule has 0 amide bonds. The predicted molar refractivity (Wildman–Crippen MR) is 95.7 cm³/mol. The summed E-state index contributed by atoms with van der Waals surface area (Å²) in [7, 11) is 0. The lowest BCUT2D eigenvalue weighted by Gasteiger charge is -2.32. The molecule has 0 saturated heterocycles. The van der Waals surface area contributed by atoms with Crippen LogP contribution in [-0.2, 0) is 0 Å². The molecule has 2 bridgehead atoms. The van der Waals surface area contributed by atoms with Crippen molar-refractivity contribution >= 4 is 0 Å². The number of hydrogen-bond acceptors (Lipinski definition) is 2. The number of hydrogen-bond donors (Lipinski definition) is 2. The minimum Gasteiger partial charge on any atom is -0.391 e. The van der Waals surface area contributed by atoms with E-state index in [0.717, 1.165) is 24.8 Å². The summed E-state index contributed by atoms with van der Waals surface area (Å²) < 4.78 is 0. The summed E-state index contributed by atoms with van der Waals surface area (Å²) in [5, 5.41) is 3.23. The Hall–Kier alpha value is -1.28. The average Bonchev–Trinajstić information content (AvgIpc) is 2.53. The van der Waals surface area contributed by atoms with Crippen LogP contribution in [0.25, 0.3) is 0 Å². The highest BCUT2D eigenvalue weighted by atomic mass is 14.8. The highest BCUT2D eigenvalue weighted by molar-refractivity contribution is 5.29. The molecule has 1 aromatic carbocycles. The molecule has 22 heavy (non-hydrogen) atoms. The monoisotopic (exact) mass is 300 g/mol. The van der Waals surface area contributed by atoms with Gasteiger partial charge >= 0.3 is 0 Å². The fourth-order valence-electron chi connectivity index (χ4n) is 3.93. The van der Waals surface area contributed by atoms with Gasteiger partial charge in [0, 0.05) is 12.6 Å². The molecule has 122 valence electrons.